The van der Waals surface area contributed by atoms with Crippen LogP contribution in [-0.2, 0) is 9.53 Å². The van der Waals surface area contributed by atoms with Crippen molar-refractivity contribution in [2.24, 2.45) is 0 Å². The molecule has 22 heavy (non-hydrogen) atoms. The first kappa shape index (κ1) is 15.6. The predicted molar refractivity (Wildman–Crippen MR) is 73.3 cm³/mol. The number of anilines is 1. The minimum absolute atomic E-state index is 0.0408. The minimum atomic E-state index is -0.832. The number of methoxy groups -OCH3 is 1. The molecule has 0 spiro atoms. The molecule has 0 radical (unpaired) electrons. The molecule has 1 aromatic heterocycles. The summed E-state index contributed by atoms with van der Waals surface area (Å²) in [4.78, 5) is 23.4. The molecule has 8 heteroatoms. The summed E-state index contributed by atoms with van der Waals surface area (Å²) in [5.74, 6) is -2.67. The van der Waals surface area contributed by atoms with Crippen LogP contribution in [0.4, 0.5) is 14.5 Å². The first-order valence-electron chi connectivity index (χ1n) is 6.31. The number of amides is 1. The molecule has 1 atom stereocenters. The van der Waals surface area contributed by atoms with Gasteiger partial charge in [-0.25, -0.2) is 13.6 Å². The van der Waals surface area contributed by atoms with Gasteiger partial charge in [-0.3, -0.25) is 9.48 Å². The predicted octanol–water partition coefficient (Wildman–Crippen LogP) is 2.15. The summed E-state index contributed by atoms with van der Waals surface area (Å²) in [6.45, 7) is 1.50. The number of aromatic nitrogens is 2. The Morgan fingerprint density at radius 3 is 2.73 bits per heavy atom. The van der Waals surface area contributed by atoms with Crippen LogP contribution in [0.2, 0.25) is 0 Å². The molecule has 6 nitrogen and oxygen atoms in total. The number of hydrogen-bond acceptors (Lipinski definition) is 4. The number of hydrogen-bond donors (Lipinski definition) is 1. The lowest BCUT2D eigenvalue weighted by Crippen LogP contribution is -2.25. The van der Waals surface area contributed by atoms with Gasteiger partial charge in [-0.15, -0.1) is 0 Å². The molecule has 1 heterocycles. The average Bonchev–Trinajstić information content (AvgIpc) is 2.99. The van der Waals surface area contributed by atoms with Crippen molar-refractivity contribution in [3.8, 4) is 0 Å². The van der Waals surface area contributed by atoms with Crippen LogP contribution in [0.15, 0.2) is 30.5 Å². The highest BCUT2D eigenvalue weighted by Crippen LogP contribution is 2.17. The SMILES string of the molecule is COC(=O)c1ccn(C(C)C(=O)Nc2cc(F)ccc2F)n1. The van der Waals surface area contributed by atoms with Gasteiger partial charge in [0.1, 0.15) is 17.7 Å². The van der Waals surface area contributed by atoms with Crippen molar-refractivity contribution < 1.29 is 23.1 Å². The van der Waals surface area contributed by atoms with Gasteiger partial charge < -0.3 is 10.1 Å². The lowest BCUT2D eigenvalue weighted by atomic mass is 10.2. The molecule has 1 aromatic carbocycles. The molecule has 2 rings (SSSR count). The molecule has 0 saturated heterocycles. The molecule has 1 N–H and O–H groups in total. The molecule has 0 aliphatic rings. The number of ether oxygens (including phenoxy) is 1. The van der Waals surface area contributed by atoms with Crippen molar-refractivity contribution in [2.45, 2.75) is 13.0 Å². The van der Waals surface area contributed by atoms with Crippen LogP contribution in [0.5, 0.6) is 0 Å². The fourth-order valence-electron chi connectivity index (χ4n) is 1.72. The van der Waals surface area contributed by atoms with Crippen molar-refractivity contribution in [2.75, 3.05) is 12.4 Å². The molecule has 0 aliphatic heterocycles. The number of benzene rings is 1. The zero-order valence-corrected chi connectivity index (χ0v) is 11.8. The van der Waals surface area contributed by atoms with Gasteiger partial charge in [0.25, 0.3) is 0 Å². The highest BCUT2D eigenvalue weighted by atomic mass is 19.1. The third kappa shape index (κ3) is 3.27. The van der Waals surface area contributed by atoms with Gasteiger partial charge in [-0.2, -0.15) is 5.10 Å². The summed E-state index contributed by atoms with van der Waals surface area (Å²) in [6, 6.07) is 3.30. The molecule has 0 bridgehead atoms. The second kappa shape index (κ2) is 6.33. The summed E-state index contributed by atoms with van der Waals surface area (Å²) in [7, 11) is 1.21. The van der Waals surface area contributed by atoms with Crippen molar-refractivity contribution in [3.63, 3.8) is 0 Å². The Labute approximate surface area is 124 Å². The molecule has 0 saturated carbocycles. The first-order valence-corrected chi connectivity index (χ1v) is 6.31. The monoisotopic (exact) mass is 309 g/mol. The molecule has 116 valence electrons. The Kier molecular flexibility index (Phi) is 4.50. The summed E-state index contributed by atoms with van der Waals surface area (Å²) in [5, 5.41) is 6.17. The topological polar surface area (TPSA) is 73.2 Å². The van der Waals surface area contributed by atoms with Crippen molar-refractivity contribution in [3.05, 3.63) is 47.8 Å². The maximum atomic E-state index is 13.5. The lowest BCUT2D eigenvalue weighted by molar-refractivity contribution is -0.119. The average molecular weight is 309 g/mol. The normalized spacial score (nSPS) is 11.8. The third-order valence-electron chi connectivity index (χ3n) is 2.97. The van der Waals surface area contributed by atoms with Crippen LogP contribution in [0.3, 0.4) is 0 Å². The number of carbonyl (C=O) groups is 2. The van der Waals surface area contributed by atoms with E-state index in [1.165, 1.54) is 31.0 Å². The summed E-state index contributed by atoms with van der Waals surface area (Å²) in [5.41, 5.74) is -0.226. The van der Waals surface area contributed by atoms with Crippen LogP contribution in [-0.4, -0.2) is 28.8 Å². The van der Waals surface area contributed by atoms with Crippen LogP contribution in [0.25, 0.3) is 0 Å². The maximum Gasteiger partial charge on any atom is 0.358 e. The molecular formula is C14H13F2N3O3. The molecule has 1 amide bonds. The second-order valence-corrected chi connectivity index (χ2v) is 4.46. The Morgan fingerprint density at radius 1 is 1.32 bits per heavy atom. The van der Waals surface area contributed by atoms with Crippen LogP contribution in [0.1, 0.15) is 23.5 Å². The number of nitrogens with one attached hydrogen (secondary N) is 1. The zero-order valence-electron chi connectivity index (χ0n) is 11.8. The molecule has 0 aliphatic carbocycles. The minimum Gasteiger partial charge on any atom is -0.464 e. The highest BCUT2D eigenvalue weighted by Gasteiger charge is 2.19. The fourth-order valence-corrected chi connectivity index (χ4v) is 1.72. The van der Waals surface area contributed by atoms with Gasteiger partial charge in [-0.1, -0.05) is 0 Å². The van der Waals surface area contributed by atoms with E-state index >= 15 is 0 Å². The number of nitrogens with zero attached hydrogens (tertiary/aromatic N) is 2. The van der Waals surface area contributed by atoms with Gasteiger partial charge in [0.2, 0.25) is 5.91 Å². The second-order valence-electron chi connectivity index (χ2n) is 4.46. The molecular weight excluding hydrogens is 296 g/mol. The zero-order chi connectivity index (χ0) is 16.3. The van der Waals surface area contributed by atoms with Crippen LogP contribution < -0.4 is 5.32 Å². The van der Waals surface area contributed by atoms with Crippen molar-refractivity contribution in [1.82, 2.24) is 9.78 Å². The van der Waals surface area contributed by atoms with Gasteiger partial charge in [-0.05, 0) is 25.1 Å². The Balaban J connectivity index is 2.13. The van der Waals surface area contributed by atoms with Crippen LogP contribution >= 0.6 is 0 Å². The summed E-state index contributed by atoms with van der Waals surface area (Å²) in [6.07, 6.45) is 1.42. The van der Waals surface area contributed by atoms with Gasteiger partial charge in [0.05, 0.1) is 12.8 Å². The van der Waals surface area contributed by atoms with E-state index in [2.05, 4.69) is 15.2 Å². The largest absolute Gasteiger partial charge is 0.464 e. The number of halogens is 2. The standard InChI is InChI=1S/C14H13F2N3O3/c1-8(19-6-5-11(18-19)14(21)22-2)13(20)17-12-7-9(15)3-4-10(12)16/h3-8H,1-2H3,(H,17,20). The lowest BCUT2D eigenvalue weighted by Gasteiger charge is -2.13. The number of esters is 1. The smallest absolute Gasteiger partial charge is 0.358 e. The first-order chi connectivity index (χ1) is 10.4. The van der Waals surface area contributed by atoms with Gasteiger partial charge in [0.15, 0.2) is 5.69 Å². The van der Waals surface area contributed by atoms with Crippen LogP contribution in [0, 0.1) is 11.6 Å². The van der Waals surface area contributed by atoms with E-state index in [9.17, 15) is 18.4 Å². The third-order valence-corrected chi connectivity index (χ3v) is 2.97. The van der Waals surface area contributed by atoms with Gasteiger partial charge >= 0.3 is 5.97 Å². The molecule has 0 fully saturated rings. The van der Waals surface area contributed by atoms with E-state index in [-0.39, 0.29) is 11.4 Å². The Morgan fingerprint density at radius 2 is 2.05 bits per heavy atom. The summed E-state index contributed by atoms with van der Waals surface area (Å²) >= 11 is 0. The van der Waals surface area contributed by atoms with Gasteiger partial charge in [0, 0.05) is 12.3 Å². The Hall–Kier alpha value is -2.77. The molecule has 1 unspecified atom stereocenters. The van der Waals surface area contributed by atoms with E-state index in [0.29, 0.717) is 0 Å². The van der Waals surface area contributed by atoms with Crippen molar-refractivity contribution in [1.29, 1.82) is 0 Å². The quantitative estimate of drug-likeness (QED) is 0.878. The highest BCUT2D eigenvalue weighted by molar-refractivity contribution is 5.93. The number of rotatable bonds is 4. The van der Waals surface area contributed by atoms with E-state index in [1.807, 2.05) is 0 Å². The van der Waals surface area contributed by atoms with E-state index in [4.69, 9.17) is 0 Å². The van der Waals surface area contributed by atoms with E-state index in [0.717, 1.165) is 18.2 Å². The van der Waals surface area contributed by atoms with E-state index < -0.39 is 29.6 Å². The molecule has 2 aromatic rings. The maximum absolute atomic E-state index is 13.5. The van der Waals surface area contributed by atoms with Crippen molar-refractivity contribution >= 4 is 17.6 Å². The fraction of sp³-hybridized carbons (Fsp3) is 0.214. The summed E-state index contributed by atoms with van der Waals surface area (Å²) < 4.78 is 32.3. The number of carbonyl (C=O) groups excluding carboxylic acids is 2. The Bertz CT molecular complexity index is 715. The van der Waals surface area contributed by atoms with E-state index in [1.54, 1.807) is 0 Å².